The first-order chi connectivity index (χ1) is 3.39. The minimum absolute atomic E-state index is 0. The van der Waals surface area contributed by atoms with Gasteiger partial charge in [0.25, 0.3) is 0 Å². The first-order valence-electron chi connectivity index (χ1n) is 2.39. The van der Waals surface area contributed by atoms with E-state index in [9.17, 15) is 5.11 Å². The van der Waals surface area contributed by atoms with Crippen molar-refractivity contribution in [2.24, 2.45) is 0 Å². The summed E-state index contributed by atoms with van der Waals surface area (Å²) in [6.07, 6.45) is 7.42. The maximum atomic E-state index is 10.4. The Kier molecular flexibility index (Phi) is 4.57. The molecule has 0 aromatic carbocycles. The van der Waals surface area contributed by atoms with Crippen molar-refractivity contribution in [2.75, 3.05) is 0 Å². The molecular formula is C6H7NaO. The zero-order valence-electron chi connectivity index (χ0n) is 5.00. The maximum absolute atomic E-state index is 10.4. The van der Waals surface area contributed by atoms with Crippen molar-refractivity contribution in [1.82, 2.24) is 0 Å². The molecule has 0 spiro atoms. The van der Waals surface area contributed by atoms with E-state index >= 15 is 0 Å². The molecular weight excluding hydrogens is 111 g/mol. The average Bonchev–Trinajstić information content (AvgIpc) is 1.69. The Morgan fingerprint density at radius 2 is 2.12 bits per heavy atom. The Labute approximate surface area is 71.4 Å². The molecule has 0 fully saturated rings. The van der Waals surface area contributed by atoms with Gasteiger partial charge < -0.3 is 5.11 Å². The number of allylic oxidation sites excluding steroid dienone is 2. The van der Waals surface area contributed by atoms with Gasteiger partial charge in [-0.1, -0.05) is 24.3 Å². The van der Waals surface area contributed by atoms with Gasteiger partial charge in [0.1, 0.15) is 0 Å². The third kappa shape index (κ3) is 2.68. The van der Waals surface area contributed by atoms with Crippen LogP contribution in [0.25, 0.3) is 0 Å². The minimum Gasteiger partial charge on any atom is -0.849 e. The van der Waals surface area contributed by atoms with Crippen molar-refractivity contribution < 1.29 is 34.7 Å². The van der Waals surface area contributed by atoms with Crippen LogP contribution in [-0.4, -0.2) is 6.10 Å². The van der Waals surface area contributed by atoms with Crippen LogP contribution in [0.15, 0.2) is 24.3 Å². The largest absolute Gasteiger partial charge is 1.00 e. The quantitative estimate of drug-likeness (QED) is 0.316. The summed E-state index contributed by atoms with van der Waals surface area (Å²) in [4.78, 5) is 0. The molecule has 1 aliphatic carbocycles. The molecule has 0 aromatic heterocycles. The third-order valence-corrected chi connectivity index (χ3v) is 0.941. The van der Waals surface area contributed by atoms with Crippen LogP contribution in [0.5, 0.6) is 0 Å². The monoisotopic (exact) mass is 118 g/mol. The summed E-state index contributed by atoms with van der Waals surface area (Å²) in [7, 11) is 0. The molecule has 0 aliphatic heterocycles. The number of hydrogen-bond acceptors (Lipinski definition) is 1. The van der Waals surface area contributed by atoms with Crippen LogP contribution < -0.4 is 34.7 Å². The standard InChI is InChI=1S/C6H7O.Na/c7-6-4-2-1-3-5-6;/h1-4,6H,5H2;/q-1;+1. The van der Waals surface area contributed by atoms with Crippen LogP contribution in [0.1, 0.15) is 6.42 Å². The predicted octanol–water partition coefficient (Wildman–Crippen LogP) is -2.76. The molecule has 0 N–H and O–H groups in total. The molecule has 1 unspecified atom stereocenters. The van der Waals surface area contributed by atoms with Gasteiger partial charge in [-0.3, -0.25) is 0 Å². The van der Waals surface area contributed by atoms with E-state index in [1.807, 2.05) is 12.2 Å². The van der Waals surface area contributed by atoms with Gasteiger partial charge in [-0.15, -0.1) is 6.10 Å². The first kappa shape index (κ1) is 8.44. The second-order valence-electron chi connectivity index (χ2n) is 1.59. The molecule has 1 rings (SSSR count). The van der Waals surface area contributed by atoms with E-state index in [2.05, 4.69) is 0 Å². The Morgan fingerprint density at radius 1 is 1.38 bits per heavy atom. The zero-order valence-corrected chi connectivity index (χ0v) is 7.00. The summed E-state index contributed by atoms with van der Waals surface area (Å²) in [6.45, 7) is 0. The normalized spacial score (nSPS) is 24.9. The van der Waals surface area contributed by atoms with Crippen molar-refractivity contribution in [1.29, 1.82) is 0 Å². The Bertz CT molecular complexity index is 107. The first-order valence-corrected chi connectivity index (χ1v) is 2.39. The van der Waals surface area contributed by atoms with Gasteiger partial charge in [-0.25, -0.2) is 0 Å². The van der Waals surface area contributed by atoms with Crippen LogP contribution in [0.4, 0.5) is 0 Å². The average molecular weight is 118 g/mol. The van der Waals surface area contributed by atoms with Gasteiger partial charge in [0, 0.05) is 0 Å². The Hall–Kier alpha value is 0.440. The van der Waals surface area contributed by atoms with Gasteiger partial charge >= 0.3 is 29.6 Å². The summed E-state index contributed by atoms with van der Waals surface area (Å²) in [5, 5.41) is 10.4. The second kappa shape index (κ2) is 4.33. The molecule has 0 radical (unpaired) electrons. The van der Waals surface area contributed by atoms with Crippen LogP contribution in [-0.2, 0) is 0 Å². The van der Waals surface area contributed by atoms with E-state index in [0.29, 0.717) is 6.42 Å². The van der Waals surface area contributed by atoms with E-state index < -0.39 is 6.10 Å². The molecule has 38 valence electrons. The molecule has 0 heterocycles. The molecule has 0 amide bonds. The van der Waals surface area contributed by atoms with Crippen LogP contribution >= 0.6 is 0 Å². The van der Waals surface area contributed by atoms with E-state index in [-0.39, 0.29) is 29.6 Å². The van der Waals surface area contributed by atoms with Gasteiger partial charge in [0.2, 0.25) is 0 Å². The molecule has 1 nitrogen and oxygen atoms in total. The maximum Gasteiger partial charge on any atom is 1.00 e. The van der Waals surface area contributed by atoms with E-state index in [4.69, 9.17) is 0 Å². The summed E-state index contributed by atoms with van der Waals surface area (Å²) in [5.74, 6) is 0. The van der Waals surface area contributed by atoms with Crippen molar-refractivity contribution in [3.8, 4) is 0 Å². The number of hydrogen-bond donors (Lipinski definition) is 0. The SMILES string of the molecule is [Na+].[O-]C1C=CC=CC1. The fourth-order valence-corrected chi connectivity index (χ4v) is 0.558. The predicted molar refractivity (Wildman–Crippen MR) is 26.7 cm³/mol. The molecule has 0 saturated heterocycles. The van der Waals surface area contributed by atoms with Crippen molar-refractivity contribution in [3.63, 3.8) is 0 Å². The fourth-order valence-electron chi connectivity index (χ4n) is 0.558. The summed E-state index contributed by atoms with van der Waals surface area (Å²) in [5.41, 5.74) is 0. The Morgan fingerprint density at radius 3 is 2.38 bits per heavy atom. The van der Waals surface area contributed by atoms with Crippen LogP contribution in [0.2, 0.25) is 0 Å². The van der Waals surface area contributed by atoms with Gasteiger partial charge in [-0.2, -0.15) is 0 Å². The summed E-state index contributed by atoms with van der Waals surface area (Å²) in [6, 6.07) is 0. The summed E-state index contributed by atoms with van der Waals surface area (Å²) >= 11 is 0. The van der Waals surface area contributed by atoms with Crippen molar-refractivity contribution in [3.05, 3.63) is 24.3 Å². The van der Waals surface area contributed by atoms with Crippen LogP contribution in [0, 0.1) is 0 Å². The van der Waals surface area contributed by atoms with Crippen molar-refractivity contribution >= 4 is 0 Å². The van der Waals surface area contributed by atoms with Gasteiger partial charge in [-0.05, 0) is 6.42 Å². The van der Waals surface area contributed by atoms with E-state index in [1.54, 1.807) is 12.2 Å². The minimum atomic E-state index is -0.481. The molecule has 8 heavy (non-hydrogen) atoms. The Balaban J connectivity index is 0.000000490. The van der Waals surface area contributed by atoms with E-state index in [0.717, 1.165) is 0 Å². The smallest absolute Gasteiger partial charge is 0.849 e. The fraction of sp³-hybridized carbons (Fsp3) is 0.333. The number of rotatable bonds is 0. The topological polar surface area (TPSA) is 23.1 Å². The molecule has 0 aromatic rings. The molecule has 0 bridgehead atoms. The van der Waals surface area contributed by atoms with E-state index in [1.165, 1.54) is 0 Å². The van der Waals surface area contributed by atoms with Gasteiger partial charge in [0.05, 0.1) is 0 Å². The zero-order chi connectivity index (χ0) is 5.11. The van der Waals surface area contributed by atoms with Crippen molar-refractivity contribution in [2.45, 2.75) is 12.5 Å². The van der Waals surface area contributed by atoms with Gasteiger partial charge in [0.15, 0.2) is 0 Å². The molecule has 2 heteroatoms. The molecule has 0 saturated carbocycles. The molecule has 1 aliphatic rings. The molecule has 1 atom stereocenters. The third-order valence-electron chi connectivity index (χ3n) is 0.941. The summed E-state index contributed by atoms with van der Waals surface area (Å²) < 4.78 is 0. The second-order valence-corrected chi connectivity index (χ2v) is 1.59. The van der Waals surface area contributed by atoms with Crippen LogP contribution in [0.3, 0.4) is 0 Å².